The summed E-state index contributed by atoms with van der Waals surface area (Å²) in [5, 5.41) is 2.52. The van der Waals surface area contributed by atoms with Crippen molar-refractivity contribution in [1.82, 2.24) is 14.0 Å². The SMILES string of the molecule is Cn1c2ccccc2c2cc(-c3cccc4c3oc3nc5ccccc5n34)ccc21. The lowest BCUT2D eigenvalue weighted by Crippen LogP contribution is -1.86. The van der Waals surface area contributed by atoms with Crippen LogP contribution in [-0.2, 0) is 7.05 Å². The first-order chi connectivity index (χ1) is 14.8. The van der Waals surface area contributed by atoms with Crippen LogP contribution in [0, 0.1) is 0 Å². The summed E-state index contributed by atoms with van der Waals surface area (Å²) in [7, 11) is 2.12. The maximum Gasteiger partial charge on any atom is 0.307 e. The molecule has 30 heavy (non-hydrogen) atoms. The maximum absolute atomic E-state index is 6.27. The number of hydrogen-bond acceptors (Lipinski definition) is 2. The van der Waals surface area contributed by atoms with Crippen LogP contribution in [0.5, 0.6) is 0 Å². The van der Waals surface area contributed by atoms with Crippen molar-refractivity contribution in [3.63, 3.8) is 0 Å². The molecule has 4 heteroatoms. The van der Waals surface area contributed by atoms with Gasteiger partial charge in [-0.05, 0) is 42.0 Å². The van der Waals surface area contributed by atoms with E-state index in [1.54, 1.807) is 0 Å². The predicted molar refractivity (Wildman–Crippen MR) is 122 cm³/mol. The molecule has 7 aromatic rings. The Kier molecular flexibility index (Phi) is 2.91. The molecule has 4 nitrogen and oxygen atoms in total. The van der Waals surface area contributed by atoms with E-state index in [9.17, 15) is 0 Å². The fraction of sp³-hybridized carbons (Fsp3) is 0.0385. The quantitative estimate of drug-likeness (QED) is 0.320. The van der Waals surface area contributed by atoms with Crippen LogP contribution in [0.3, 0.4) is 0 Å². The molecule has 0 aliphatic carbocycles. The Morgan fingerprint density at radius 3 is 2.40 bits per heavy atom. The van der Waals surface area contributed by atoms with Gasteiger partial charge < -0.3 is 8.98 Å². The number of aryl methyl sites for hydroxylation is 1. The molecule has 3 heterocycles. The maximum atomic E-state index is 6.27. The van der Waals surface area contributed by atoms with Crippen LogP contribution < -0.4 is 0 Å². The fourth-order valence-corrected chi connectivity index (χ4v) is 4.77. The van der Waals surface area contributed by atoms with E-state index < -0.39 is 0 Å². The van der Waals surface area contributed by atoms with Crippen molar-refractivity contribution < 1.29 is 4.42 Å². The number of para-hydroxylation sites is 4. The second-order valence-electron chi connectivity index (χ2n) is 7.78. The number of benzene rings is 4. The van der Waals surface area contributed by atoms with E-state index in [4.69, 9.17) is 4.42 Å². The first kappa shape index (κ1) is 15.8. The predicted octanol–water partition coefficient (Wildman–Crippen LogP) is 6.55. The number of hydrogen-bond donors (Lipinski definition) is 0. The Bertz CT molecular complexity index is 1760. The summed E-state index contributed by atoms with van der Waals surface area (Å²) < 4.78 is 10.6. The van der Waals surface area contributed by atoms with Crippen molar-refractivity contribution in [2.45, 2.75) is 0 Å². The van der Waals surface area contributed by atoms with E-state index >= 15 is 0 Å². The highest BCUT2D eigenvalue weighted by atomic mass is 16.4. The minimum Gasteiger partial charge on any atom is -0.422 e. The number of nitrogens with zero attached hydrogens (tertiary/aromatic N) is 3. The number of rotatable bonds is 1. The van der Waals surface area contributed by atoms with Gasteiger partial charge in [-0.15, -0.1) is 0 Å². The van der Waals surface area contributed by atoms with Crippen LogP contribution in [-0.4, -0.2) is 14.0 Å². The molecule has 4 aromatic carbocycles. The summed E-state index contributed by atoms with van der Waals surface area (Å²) >= 11 is 0. The second kappa shape index (κ2) is 5.51. The van der Waals surface area contributed by atoms with E-state index in [-0.39, 0.29) is 0 Å². The third-order valence-electron chi connectivity index (χ3n) is 6.18. The largest absolute Gasteiger partial charge is 0.422 e. The molecule has 0 N–H and O–H groups in total. The molecule has 0 spiro atoms. The van der Waals surface area contributed by atoms with Gasteiger partial charge in [0.05, 0.1) is 16.6 Å². The topological polar surface area (TPSA) is 35.4 Å². The van der Waals surface area contributed by atoms with Crippen molar-refractivity contribution in [3.8, 4) is 11.1 Å². The summed E-state index contributed by atoms with van der Waals surface area (Å²) in [6.45, 7) is 0. The van der Waals surface area contributed by atoms with E-state index in [1.165, 1.54) is 21.8 Å². The van der Waals surface area contributed by atoms with Gasteiger partial charge in [0.2, 0.25) is 0 Å². The molecule has 142 valence electrons. The summed E-state index contributed by atoms with van der Waals surface area (Å²) in [5.41, 5.74) is 8.61. The van der Waals surface area contributed by atoms with Crippen molar-refractivity contribution in [2.75, 3.05) is 0 Å². The van der Waals surface area contributed by atoms with Gasteiger partial charge in [-0.2, -0.15) is 4.98 Å². The molecule has 7 rings (SSSR count). The first-order valence-corrected chi connectivity index (χ1v) is 10.1. The van der Waals surface area contributed by atoms with Crippen molar-refractivity contribution >= 4 is 49.8 Å². The molecule has 0 bridgehead atoms. The summed E-state index contributed by atoms with van der Waals surface area (Å²) in [5.74, 6) is 0.630. The lowest BCUT2D eigenvalue weighted by atomic mass is 10.0. The second-order valence-corrected chi connectivity index (χ2v) is 7.78. The van der Waals surface area contributed by atoms with Gasteiger partial charge in [0.25, 0.3) is 0 Å². The monoisotopic (exact) mass is 387 g/mol. The molecule has 0 aliphatic heterocycles. The molecular weight excluding hydrogens is 370 g/mol. The zero-order valence-electron chi connectivity index (χ0n) is 16.3. The molecule has 0 aliphatic rings. The van der Waals surface area contributed by atoms with Gasteiger partial charge in [0.1, 0.15) is 0 Å². The van der Waals surface area contributed by atoms with E-state index in [0.29, 0.717) is 5.84 Å². The smallest absolute Gasteiger partial charge is 0.307 e. The molecule has 0 fully saturated rings. The molecular formula is C26H17N3O. The van der Waals surface area contributed by atoms with Crippen LogP contribution in [0.1, 0.15) is 0 Å². The highest BCUT2D eigenvalue weighted by Gasteiger charge is 2.17. The molecule has 0 unspecified atom stereocenters. The average Bonchev–Trinajstić information content (AvgIpc) is 3.42. The Labute approximate surface area is 171 Å². The van der Waals surface area contributed by atoms with Crippen LogP contribution >= 0.6 is 0 Å². The van der Waals surface area contributed by atoms with Crippen molar-refractivity contribution in [3.05, 3.63) is 84.9 Å². The summed E-state index contributed by atoms with van der Waals surface area (Å²) in [6.07, 6.45) is 0. The van der Waals surface area contributed by atoms with E-state index in [1.807, 2.05) is 18.2 Å². The van der Waals surface area contributed by atoms with Crippen LogP contribution in [0.4, 0.5) is 0 Å². The fourth-order valence-electron chi connectivity index (χ4n) is 4.77. The number of fused-ring (bicyclic) bond motifs is 8. The molecule has 0 saturated carbocycles. The third kappa shape index (κ3) is 1.93. The van der Waals surface area contributed by atoms with Gasteiger partial charge in [-0.3, -0.25) is 4.40 Å². The van der Waals surface area contributed by atoms with E-state index in [0.717, 1.165) is 33.3 Å². The number of oxazole rings is 1. The van der Waals surface area contributed by atoms with Gasteiger partial charge in [-0.1, -0.05) is 48.5 Å². The lowest BCUT2D eigenvalue weighted by molar-refractivity contribution is 0.644. The zero-order valence-corrected chi connectivity index (χ0v) is 16.3. The van der Waals surface area contributed by atoms with Crippen LogP contribution in [0.15, 0.2) is 89.3 Å². The molecule has 0 saturated heterocycles. The molecule has 3 aromatic heterocycles. The van der Waals surface area contributed by atoms with Crippen molar-refractivity contribution in [1.29, 1.82) is 0 Å². The Morgan fingerprint density at radius 2 is 1.47 bits per heavy atom. The van der Waals surface area contributed by atoms with Gasteiger partial charge >= 0.3 is 5.84 Å². The summed E-state index contributed by atoms with van der Waals surface area (Å²) in [6, 6.07) is 29.7. The third-order valence-corrected chi connectivity index (χ3v) is 6.18. The lowest BCUT2D eigenvalue weighted by Gasteiger charge is -2.04. The van der Waals surface area contributed by atoms with Crippen LogP contribution in [0.25, 0.3) is 60.9 Å². The Hall–Kier alpha value is -4.05. The summed E-state index contributed by atoms with van der Waals surface area (Å²) in [4.78, 5) is 4.67. The number of aromatic nitrogens is 3. The Morgan fingerprint density at radius 1 is 0.700 bits per heavy atom. The highest BCUT2D eigenvalue weighted by molar-refractivity contribution is 6.10. The van der Waals surface area contributed by atoms with Gasteiger partial charge in [-0.25, -0.2) is 0 Å². The molecule has 0 radical (unpaired) electrons. The minimum absolute atomic E-state index is 0.630. The Balaban J connectivity index is 1.55. The van der Waals surface area contributed by atoms with Gasteiger partial charge in [0, 0.05) is 34.4 Å². The van der Waals surface area contributed by atoms with Gasteiger partial charge in [0.15, 0.2) is 5.58 Å². The minimum atomic E-state index is 0.630. The molecule has 0 amide bonds. The standard InChI is InChI=1S/C26H17N3O/c1-28-21-10-4-2-7-18(21)19-15-16(13-14-22(19)28)17-8-6-12-24-25(17)30-26-27-20-9-3-5-11-23(20)29(24)26/h2-15H,1H3. The normalized spacial score (nSPS) is 12.2. The van der Waals surface area contributed by atoms with Crippen LogP contribution in [0.2, 0.25) is 0 Å². The van der Waals surface area contributed by atoms with E-state index in [2.05, 4.69) is 87.7 Å². The average molecular weight is 387 g/mol. The van der Waals surface area contributed by atoms with Crippen molar-refractivity contribution in [2.24, 2.45) is 7.05 Å². The number of imidazole rings is 1. The first-order valence-electron chi connectivity index (χ1n) is 10.1. The molecule has 0 atom stereocenters. The zero-order chi connectivity index (χ0) is 19.8. The highest BCUT2D eigenvalue weighted by Crippen LogP contribution is 2.36.